The van der Waals surface area contributed by atoms with Gasteiger partial charge in [0.1, 0.15) is 5.82 Å². The SMILES string of the molecule is COCCNC(=O)C(=O)N/N=C/c1ccccc1F. The third-order valence-electron chi connectivity index (χ3n) is 2.07. The van der Waals surface area contributed by atoms with Gasteiger partial charge in [-0.2, -0.15) is 5.10 Å². The number of hydrogen-bond acceptors (Lipinski definition) is 4. The molecule has 0 aliphatic carbocycles. The topological polar surface area (TPSA) is 79.8 Å². The monoisotopic (exact) mass is 267 g/mol. The average molecular weight is 267 g/mol. The Balaban J connectivity index is 2.41. The van der Waals surface area contributed by atoms with Gasteiger partial charge in [-0.1, -0.05) is 18.2 Å². The summed E-state index contributed by atoms with van der Waals surface area (Å²) in [6, 6.07) is 5.92. The number of hydrazone groups is 1. The van der Waals surface area contributed by atoms with E-state index in [1.807, 2.05) is 5.43 Å². The summed E-state index contributed by atoms with van der Waals surface area (Å²) in [7, 11) is 1.48. The highest BCUT2D eigenvalue weighted by atomic mass is 19.1. The van der Waals surface area contributed by atoms with Gasteiger partial charge in [0.25, 0.3) is 0 Å². The second-order valence-electron chi connectivity index (χ2n) is 3.47. The molecule has 0 saturated heterocycles. The summed E-state index contributed by atoms with van der Waals surface area (Å²) in [6.45, 7) is 0.525. The van der Waals surface area contributed by atoms with E-state index in [1.165, 1.54) is 25.3 Å². The van der Waals surface area contributed by atoms with Crippen LogP contribution in [0.4, 0.5) is 4.39 Å². The molecule has 2 N–H and O–H groups in total. The van der Waals surface area contributed by atoms with E-state index in [9.17, 15) is 14.0 Å². The molecule has 0 saturated carbocycles. The fourth-order valence-electron chi connectivity index (χ4n) is 1.14. The number of nitrogens with zero attached hydrogens (tertiary/aromatic N) is 1. The van der Waals surface area contributed by atoms with Gasteiger partial charge in [0.15, 0.2) is 0 Å². The van der Waals surface area contributed by atoms with Gasteiger partial charge in [-0.05, 0) is 6.07 Å². The quantitative estimate of drug-likeness (QED) is 0.342. The van der Waals surface area contributed by atoms with Crippen LogP contribution in [0, 0.1) is 5.82 Å². The Hall–Kier alpha value is -2.28. The van der Waals surface area contributed by atoms with Crippen LogP contribution >= 0.6 is 0 Å². The Bertz CT molecular complexity index is 477. The molecule has 1 aromatic rings. The molecule has 0 aliphatic rings. The van der Waals surface area contributed by atoms with Crippen LogP contribution in [-0.4, -0.2) is 38.3 Å². The third-order valence-corrected chi connectivity index (χ3v) is 2.07. The summed E-state index contributed by atoms with van der Waals surface area (Å²) in [6.07, 6.45) is 1.12. The van der Waals surface area contributed by atoms with E-state index in [0.29, 0.717) is 6.61 Å². The van der Waals surface area contributed by atoms with Crippen LogP contribution in [0.15, 0.2) is 29.4 Å². The van der Waals surface area contributed by atoms with E-state index < -0.39 is 17.6 Å². The Morgan fingerprint density at radius 1 is 1.37 bits per heavy atom. The minimum Gasteiger partial charge on any atom is -0.383 e. The Morgan fingerprint density at radius 2 is 2.11 bits per heavy atom. The molecule has 2 amide bonds. The number of amides is 2. The van der Waals surface area contributed by atoms with E-state index in [1.54, 1.807) is 6.07 Å². The summed E-state index contributed by atoms with van der Waals surface area (Å²) >= 11 is 0. The van der Waals surface area contributed by atoms with Crippen molar-refractivity contribution in [2.45, 2.75) is 0 Å². The lowest BCUT2D eigenvalue weighted by Gasteiger charge is -2.02. The first-order valence-electron chi connectivity index (χ1n) is 5.50. The van der Waals surface area contributed by atoms with Gasteiger partial charge in [0.05, 0.1) is 12.8 Å². The van der Waals surface area contributed by atoms with Gasteiger partial charge < -0.3 is 10.1 Å². The van der Waals surface area contributed by atoms with E-state index in [2.05, 4.69) is 10.4 Å². The largest absolute Gasteiger partial charge is 0.383 e. The van der Waals surface area contributed by atoms with Crippen molar-refractivity contribution in [2.24, 2.45) is 5.10 Å². The van der Waals surface area contributed by atoms with Crippen LogP contribution in [0.3, 0.4) is 0 Å². The first-order chi connectivity index (χ1) is 9.15. The lowest BCUT2D eigenvalue weighted by Crippen LogP contribution is -2.39. The number of carbonyl (C=O) groups is 2. The van der Waals surface area contributed by atoms with Crippen molar-refractivity contribution in [3.05, 3.63) is 35.6 Å². The van der Waals surface area contributed by atoms with E-state index >= 15 is 0 Å². The highest BCUT2D eigenvalue weighted by Gasteiger charge is 2.11. The summed E-state index contributed by atoms with van der Waals surface area (Å²) in [5, 5.41) is 5.81. The molecule has 0 atom stereocenters. The van der Waals surface area contributed by atoms with E-state index in [-0.39, 0.29) is 12.1 Å². The fraction of sp³-hybridized carbons (Fsp3) is 0.250. The van der Waals surface area contributed by atoms with E-state index in [4.69, 9.17) is 4.74 Å². The average Bonchev–Trinajstić information content (AvgIpc) is 2.41. The zero-order valence-corrected chi connectivity index (χ0v) is 10.4. The minimum atomic E-state index is -0.927. The highest BCUT2D eigenvalue weighted by Crippen LogP contribution is 2.02. The molecule has 0 radical (unpaired) electrons. The molecule has 0 bridgehead atoms. The number of ether oxygens (including phenoxy) is 1. The first kappa shape index (κ1) is 14.8. The molecule has 1 aromatic carbocycles. The van der Waals surface area contributed by atoms with E-state index in [0.717, 1.165) is 6.21 Å². The lowest BCUT2D eigenvalue weighted by atomic mass is 10.2. The van der Waals surface area contributed by atoms with Gasteiger partial charge in [-0.15, -0.1) is 0 Å². The predicted octanol–water partition coefficient (Wildman–Crippen LogP) is 0.0384. The highest BCUT2D eigenvalue weighted by molar-refractivity contribution is 6.35. The molecule has 102 valence electrons. The number of rotatable bonds is 5. The molecule has 0 aliphatic heterocycles. The zero-order valence-electron chi connectivity index (χ0n) is 10.4. The van der Waals surface area contributed by atoms with Crippen molar-refractivity contribution in [3.63, 3.8) is 0 Å². The normalized spacial score (nSPS) is 10.4. The zero-order chi connectivity index (χ0) is 14.1. The van der Waals surface area contributed by atoms with Crippen molar-refractivity contribution in [1.29, 1.82) is 0 Å². The van der Waals surface area contributed by atoms with Crippen molar-refractivity contribution in [3.8, 4) is 0 Å². The van der Waals surface area contributed by atoms with Crippen molar-refractivity contribution in [1.82, 2.24) is 10.7 Å². The van der Waals surface area contributed by atoms with Gasteiger partial charge in [-0.3, -0.25) is 9.59 Å². The van der Waals surface area contributed by atoms with Gasteiger partial charge in [-0.25, -0.2) is 9.82 Å². The molecule has 0 heterocycles. The molecule has 0 fully saturated rings. The molecule has 1 rings (SSSR count). The summed E-state index contributed by atoms with van der Waals surface area (Å²) < 4.78 is 17.9. The smallest absolute Gasteiger partial charge is 0.329 e. The number of benzene rings is 1. The summed E-state index contributed by atoms with van der Waals surface area (Å²) in [5.74, 6) is -2.23. The molecule has 0 spiro atoms. The minimum absolute atomic E-state index is 0.211. The van der Waals surface area contributed by atoms with Gasteiger partial charge >= 0.3 is 11.8 Å². The van der Waals surface area contributed by atoms with Crippen LogP contribution in [0.25, 0.3) is 0 Å². The number of nitrogens with one attached hydrogen (secondary N) is 2. The molecule has 19 heavy (non-hydrogen) atoms. The second kappa shape index (κ2) is 7.93. The van der Waals surface area contributed by atoms with Crippen molar-refractivity contribution >= 4 is 18.0 Å². The number of carbonyl (C=O) groups excluding carboxylic acids is 2. The molecular weight excluding hydrogens is 253 g/mol. The number of methoxy groups -OCH3 is 1. The fourth-order valence-corrected chi connectivity index (χ4v) is 1.14. The predicted molar refractivity (Wildman–Crippen MR) is 67.0 cm³/mol. The second-order valence-corrected chi connectivity index (χ2v) is 3.47. The van der Waals surface area contributed by atoms with Crippen molar-refractivity contribution in [2.75, 3.05) is 20.3 Å². The first-order valence-corrected chi connectivity index (χ1v) is 5.50. The van der Waals surface area contributed by atoms with Gasteiger partial charge in [0.2, 0.25) is 0 Å². The Labute approximate surface area is 109 Å². The maximum absolute atomic E-state index is 13.2. The van der Waals surface area contributed by atoms with Crippen LogP contribution in [-0.2, 0) is 14.3 Å². The molecule has 7 heteroatoms. The standard InChI is InChI=1S/C12H14FN3O3/c1-19-7-6-14-11(17)12(18)16-15-8-9-4-2-3-5-10(9)13/h2-5,8H,6-7H2,1H3,(H,14,17)(H,16,18)/b15-8+. The van der Waals surface area contributed by atoms with Crippen LogP contribution < -0.4 is 10.7 Å². The number of hydrogen-bond donors (Lipinski definition) is 2. The molecular formula is C12H14FN3O3. The van der Waals surface area contributed by atoms with Crippen molar-refractivity contribution < 1.29 is 18.7 Å². The Morgan fingerprint density at radius 3 is 2.79 bits per heavy atom. The number of halogens is 1. The van der Waals surface area contributed by atoms with Crippen LogP contribution in [0.1, 0.15) is 5.56 Å². The summed E-state index contributed by atoms with van der Waals surface area (Å²) in [4.78, 5) is 22.4. The molecule has 6 nitrogen and oxygen atoms in total. The third kappa shape index (κ3) is 5.26. The molecule has 0 unspecified atom stereocenters. The lowest BCUT2D eigenvalue weighted by molar-refractivity contribution is -0.139. The van der Waals surface area contributed by atoms with Crippen LogP contribution in [0.2, 0.25) is 0 Å². The maximum Gasteiger partial charge on any atom is 0.329 e. The Kier molecular flexibility index (Phi) is 6.17. The van der Waals surface area contributed by atoms with Crippen LogP contribution in [0.5, 0.6) is 0 Å². The molecule has 0 aromatic heterocycles. The maximum atomic E-state index is 13.2. The van der Waals surface area contributed by atoms with Gasteiger partial charge in [0, 0.05) is 19.2 Å². The summed E-state index contributed by atoms with van der Waals surface area (Å²) in [5.41, 5.74) is 2.21.